The Kier molecular flexibility index (Phi) is 5.33. The van der Waals surface area contributed by atoms with Gasteiger partial charge >= 0.3 is 0 Å². The maximum Gasteiger partial charge on any atom is 0.273 e. The second-order valence-corrected chi connectivity index (χ2v) is 6.37. The molecule has 3 aromatic heterocycles. The van der Waals surface area contributed by atoms with Gasteiger partial charge < -0.3 is 19.7 Å². The maximum atomic E-state index is 12.3. The number of nitrogens with zero attached hydrogens (tertiary/aromatic N) is 4. The molecule has 0 saturated carbocycles. The minimum Gasteiger partial charge on any atom is -0.368 e. The van der Waals surface area contributed by atoms with Gasteiger partial charge in [-0.25, -0.2) is 9.97 Å². The number of rotatable bonds is 7. The molecule has 3 heterocycles. The molecule has 0 unspecified atom stereocenters. The number of carbonyl (C=O) groups excluding carboxylic acids is 1. The van der Waals surface area contributed by atoms with Crippen molar-refractivity contribution in [2.24, 2.45) is 0 Å². The minimum absolute atomic E-state index is 0.247. The topological polar surface area (TPSA) is 97.9 Å². The van der Waals surface area contributed by atoms with Crippen molar-refractivity contribution in [3.8, 4) is 17.1 Å². The summed E-state index contributed by atoms with van der Waals surface area (Å²) in [6.07, 6.45) is 3.85. The lowest BCUT2D eigenvalue weighted by Crippen LogP contribution is -2.29. The molecular weight excluding hydrogens is 368 g/mol. The highest BCUT2D eigenvalue weighted by Crippen LogP contribution is 2.19. The molecule has 1 aromatic carbocycles. The van der Waals surface area contributed by atoms with Crippen LogP contribution in [0.5, 0.6) is 0 Å². The van der Waals surface area contributed by atoms with Gasteiger partial charge in [0, 0.05) is 43.2 Å². The highest BCUT2D eigenvalue weighted by atomic mass is 16.5. The number of carbonyl (C=O) groups is 1. The molecule has 0 aliphatic rings. The lowest BCUT2D eigenvalue weighted by molar-refractivity contribution is 0.0946. The third kappa shape index (κ3) is 4.49. The first-order valence-electron chi connectivity index (χ1n) is 9.22. The van der Waals surface area contributed by atoms with Crippen LogP contribution >= 0.6 is 0 Å². The summed E-state index contributed by atoms with van der Waals surface area (Å²) in [5.41, 5.74) is 1.12. The molecule has 1 amide bonds. The van der Waals surface area contributed by atoms with Crippen LogP contribution in [-0.2, 0) is 0 Å². The van der Waals surface area contributed by atoms with Crippen LogP contribution in [0, 0.1) is 6.92 Å². The molecule has 8 heteroatoms. The van der Waals surface area contributed by atoms with Gasteiger partial charge in [-0.1, -0.05) is 35.5 Å². The molecule has 0 bridgehead atoms. The van der Waals surface area contributed by atoms with Crippen LogP contribution < -0.4 is 10.6 Å². The molecule has 0 atom stereocenters. The van der Waals surface area contributed by atoms with Gasteiger partial charge in [0.05, 0.1) is 0 Å². The van der Waals surface area contributed by atoms with E-state index in [4.69, 9.17) is 4.52 Å². The zero-order chi connectivity index (χ0) is 20.1. The van der Waals surface area contributed by atoms with Gasteiger partial charge in [0.2, 0.25) is 0 Å². The van der Waals surface area contributed by atoms with Gasteiger partial charge in [0.15, 0.2) is 11.5 Å². The molecule has 146 valence electrons. The lowest BCUT2D eigenvalue weighted by atomic mass is 10.1. The molecule has 29 heavy (non-hydrogen) atoms. The second kappa shape index (κ2) is 8.39. The van der Waals surface area contributed by atoms with Crippen molar-refractivity contribution in [2.45, 2.75) is 6.92 Å². The third-order valence-electron chi connectivity index (χ3n) is 4.21. The summed E-state index contributed by atoms with van der Waals surface area (Å²) < 4.78 is 7.18. The fraction of sp³-hybridized carbons (Fsp3) is 0.143. The van der Waals surface area contributed by atoms with Crippen LogP contribution in [0.15, 0.2) is 71.5 Å². The number of amides is 1. The fourth-order valence-corrected chi connectivity index (χ4v) is 2.84. The predicted octanol–water partition coefficient (Wildman–Crippen LogP) is 3.07. The zero-order valence-corrected chi connectivity index (χ0v) is 15.9. The fourth-order valence-electron chi connectivity index (χ4n) is 2.84. The Morgan fingerprint density at radius 2 is 1.83 bits per heavy atom. The van der Waals surface area contributed by atoms with Crippen LogP contribution in [0.2, 0.25) is 0 Å². The van der Waals surface area contributed by atoms with Gasteiger partial charge in [0.1, 0.15) is 17.5 Å². The van der Waals surface area contributed by atoms with Gasteiger partial charge in [0.25, 0.3) is 5.91 Å². The summed E-state index contributed by atoms with van der Waals surface area (Å²) in [4.78, 5) is 21.1. The summed E-state index contributed by atoms with van der Waals surface area (Å²) in [5, 5.41) is 9.87. The van der Waals surface area contributed by atoms with Crippen molar-refractivity contribution in [1.82, 2.24) is 25.0 Å². The molecule has 2 N–H and O–H groups in total. The standard InChI is InChI=1S/C21H20N6O2/c1-15-24-19(14-20(25-15)27-11-5-6-12-27)22-9-10-23-21(28)17-13-18(29-26-17)16-7-3-2-4-8-16/h2-8,11-14H,9-10H2,1H3,(H,23,28)(H,22,24,25). The van der Waals surface area contributed by atoms with E-state index in [9.17, 15) is 4.79 Å². The van der Waals surface area contributed by atoms with Crippen LogP contribution in [-0.4, -0.2) is 38.7 Å². The smallest absolute Gasteiger partial charge is 0.273 e. The number of nitrogens with one attached hydrogen (secondary N) is 2. The van der Waals surface area contributed by atoms with Crippen LogP contribution in [0.3, 0.4) is 0 Å². The molecular formula is C21H20N6O2. The number of aryl methyl sites for hydroxylation is 1. The molecule has 0 fully saturated rings. The Hall–Kier alpha value is -3.94. The average molecular weight is 388 g/mol. The Morgan fingerprint density at radius 3 is 2.62 bits per heavy atom. The molecule has 8 nitrogen and oxygen atoms in total. The highest BCUT2D eigenvalue weighted by molar-refractivity contribution is 5.93. The third-order valence-corrected chi connectivity index (χ3v) is 4.21. The van der Waals surface area contributed by atoms with Gasteiger partial charge in [-0.2, -0.15) is 0 Å². The van der Waals surface area contributed by atoms with Gasteiger partial charge in [-0.3, -0.25) is 4.79 Å². The Balaban J connectivity index is 1.31. The Labute approximate surface area is 167 Å². The second-order valence-electron chi connectivity index (χ2n) is 6.37. The van der Waals surface area contributed by atoms with E-state index in [1.54, 1.807) is 6.07 Å². The summed E-state index contributed by atoms with van der Waals surface area (Å²) in [7, 11) is 0. The number of aromatic nitrogens is 4. The predicted molar refractivity (Wildman–Crippen MR) is 109 cm³/mol. The van der Waals surface area contributed by atoms with Crippen LogP contribution in [0.1, 0.15) is 16.3 Å². The van der Waals surface area contributed by atoms with Crippen molar-refractivity contribution >= 4 is 11.7 Å². The van der Waals surface area contributed by atoms with E-state index in [-0.39, 0.29) is 11.6 Å². The van der Waals surface area contributed by atoms with Crippen molar-refractivity contribution in [1.29, 1.82) is 0 Å². The van der Waals surface area contributed by atoms with Crippen LogP contribution in [0.25, 0.3) is 17.1 Å². The Morgan fingerprint density at radius 1 is 1.03 bits per heavy atom. The summed E-state index contributed by atoms with van der Waals surface area (Å²) in [6, 6.07) is 16.9. The number of hydrogen-bond donors (Lipinski definition) is 2. The van der Waals surface area contributed by atoms with E-state index in [0.717, 1.165) is 11.4 Å². The summed E-state index contributed by atoms with van der Waals surface area (Å²) in [6.45, 7) is 2.76. The normalized spacial score (nSPS) is 10.7. The van der Waals surface area contributed by atoms with E-state index in [1.165, 1.54) is 0 Å². The molecule has 0 saturated heterocycles. The van der Waals surface area contributed by atoms with Gasteiger partial charge in [-0.05, 0) is 19.1 Å². The quantitative estimate of drug-likeness (QED) is 0.472. The van der Waals surface area contributed by atoms with Crippen LogP contribution in [0.4, 0.5) is 5.82 Å². The SMILES string of the molecule is Cc1nc(NCCNC(=O)c2cc(-c3ccccc3)on2)cc(-n2cccc2)n1. The van der Waals surface area contributed by atoms with Gasteiger partial charge in [-0.15, -0.1) is 0 Å². The van der Waals surface area contributed by atoms with E-state index < -0.39 is 0 Å². The van der Waals surface area contributed by atoms with Crippen molar-refractivity contribution < 1.29 is 9.32 Å². The molecule has 4 rings (SSSR count). The van der Waals surface area contributed by atoms with E-state index in [0.29, 0.717) is 30.5 Å². The highest BCUT2D eigenvalue weighted by Gasteiger charge is 2.13. The first-order valence-corrected chi connectivity index (χ1v) is 9.22. The first kappa shape index (κ1) is 18.4. The van der Waals surface area contributed by atoms with E-state index >= 15 is 0 Å². The monoisotopic (exact) mass is 388 g/mol. The number of benzene rings is 1. The average Bonchev–Trinajstić information content (AvgIpc) is 3.44. The Bertz CT molecular complexity index is 1090. The molecule has 0 aliphatic heterocycles. The van der Waals surface area contributed by atoms with Crippen molar-refractivity contribution in [3.63, 3.8) is 0 Å². The molecule has 0 radical (unpaired) electrons. The minimum atomic E-state index is -0.287. The first-order chi connectivity index (χ1) is 14.2. The van der Waals surface area contributed by atoms with Crippen molar-refractivity contribution in [3.05, 3.63) is 78.5 Å². The van der Waals surface area contributed by atoms with E-state index in [2.05, 4.69) is 25.8 Å². The summed E-state index contributed by atoms with van der Waals surface area (Å²) >= 11 is 0. The molecule has 0 spiro atoms. The van der Waals surface area contributed by atoms with E-state index in [1.807, 2.05) is 72.4 Å². The van der Waals surface area contributed by atoms with Crippen molar-refractivity contribution in [2.75, 3.05) is 18.4 Å². The zero-order valence-electron chi connectivity index (χ0n) is 15.9. The molecule has 0 aliphatic carbocycles. The largest absolute Gasteiger partial charge is 0.368 e. The summed E-state index contributed by atoms with van der Waals surface area (Å²) in [5.74, 6) is 2.42. The maximum absolute atomic E-state index is 12.3. The number of anilines is 1. The number of hydrogen-bond acceptors (Lipinski definition) is 6. The molecule has 4 aromatic rings. The lowest BCUT2D eigenvalue weighted by Gasteiger charge is -2.09.